The first-order valence-corrected chi connectivity index (χ1v) is 8.71. The number of hydrogen-bond acceptors (Lipinski definition) is 6. The second-order valence-electron chi connectivity index (χ2n) is 7.23. The molecule has 1 aromatic rings. The minimum atomic E-state index is -0.643. The summed E-state index contributed by atoms with van der Waals surface area (Å²) < 4.78 is 10.4. The second kappa shape index (κ2) is 8.80. The van der Waals surface area contributed by atoms with Gasteiger partial charge in [-0.15, -0.1) is 0 Å². The van der Waals surface area contributed by atoms with Gasteiger partial charge in [-0.3, -0.25) is 9.59 Å². The van der Waals surface area contributed by atoms with Crippen LogP contribution in [0, 0.1) is 5.92 Å². The van der Waals surface area contributed by atoms with Crippen molar-refractivity contribution >= 4 is 18.0 Å². The Hall–Kier alpha value is -2.41. The summed E-state index contributed by atoms with van der Waals surface area (Å²) in [6.45, 7) is 6.15. The molecule has 1 atom stereocenters. The van der Waals surface area contributed by atoms with Gasteiger partial charge in [-0.25, -0.2) is 9.69 Å². The van der Waals surface area contributed by atoms with Crippen LogP contribution in [0.5, 0.6) is 0 Å². The van der Waals surface area contributed by atoms with Crippen LogP contribution in [0.3, 0.4) is 0 Å². The van der Waals surface area contributed by atoms with Crippen LogP contribution in [0.25, 0.3) is 0 Å². The molecule has 1 aliphatic heterocycles. The van der Waals surface area contributed by atoms with Gasteiger partial charge in [0.05, 0.1) is 12.5 Å². The molecule has 1 fully saturated rings. The Morgan fingerprint density at radius 1 is 1.23 bits per heavy atom. The lowest BCUT2D eigenvalue weighted by molar-refractivity contribution is -0.144. The normalized spacial score (nSPS) is 17.3. The summed E-state index contributed by atoms with van der Waals surface area (Å²) in [5.41, 5.74) is 0.274. The van der Waals surface area contributed by atoms with Crippen LogP contribution in [0.1, 0.15) is 32.8 Å². The van der Waals surface area contributed by atoms with Gasteiger partial charge >= 0.3 is 12.1 Å². The highest BCUT2D eigenvalue weighted by Gasteiger charge is 2.37. The average Bonchev–Trinajstić information content (AvgIpc) is 2.93. The quantitative estimate of drug-likeness (QED) is 0.780. The van der Waals surface area contributed by atoms with Crippen LogP contribution in [-0.4, -0.2) is 48.1 Å². The Bertz CT molecular complexity index is 639. The van der Waals surface area contributed by atoms with Crippen molar-refractivity contribution in [1.29, 1.82) is 0 Å². The molecule has 1 heterocycles. The summed E-state index contributed by atoms with van der Waals surface area (Å²) in [6.07, 6.45) is -0.0725. The zero-order chi connectivity index (χ0) is 19.2. The van der Waals surface area contributed by atoms with Gasteiger partial charge < -0.3 is 14.8 Å². The number of nitrogens with zero attached hydrogens (tertiary/aromatic N) is 1. The highest BCUT2D eigenvalue weighted by molar-refractivity contribution is 5.95. The molecule has 7 nitrogen and oxygen atoms in total. The molecular weight excluding hydrogens is 336 g/mol. The summed E-state index contributed by atoms with van der Waals surface area (Å²) in [7, 11) is 0. The van der Waals surface area contributed by atoms with E-state index in [4.69, 9.17) is 9.47 Å². The summed E-state index contributed by atoms with van der Waals surface area (Å²) in [4.78, 5) is 37.2. The van der Waals surface area contributed by atoms with Crippen LogP contribution in [0.15, 0.2) is 30.3 Å². The molecule has 0 radical (unpaired) electrons. The molecule has 1 N–H and O–H groups in total. The molecule has 142 valence electrons. The number of carbonyl (C=O) groups is 3. The molecule has 0 bridgehead atoms. The van der Waals surface area contributed by atoms with Crippen LogP contribution in [0.2, 0.25) is 0 Å². The number of carbonyl (C=O) groups excluding carboxylic acids is 3. The Balaban J connectivity index is 1.69. The molecule has 1 aliphatic rings. The minimum Gasteiger partial charge on any atom is -0.460 e. The lowest BCUT2D eigenvalue weighted by Gasteiger charge is -2.23. The third-order valence-corrected chi connectivity index (χ3v) is 3.83. The standard InChI is InChI=1S/C19H26N2O5/c1-19(2,3)26-18(24)21-10-9-15(17(21)23)11-20-12-16(22)25-13-14-7-5-4-6-8-14/h4-8,15,20H,9-13H2,1-3H3. The molecule has 7 heteroatoms. The van der Waals surface area contributed by atoms with Gasteiger partial charge in [0.1, 0.15) is 12.2 Å². The first-order valence-electron chi connectivity index (χ1n) is 8.71. The Kier molecular flexibility index (Phi) is 6.74. The van der Waals surface area contributed by atoms with E-state index >= 15 is 0 Å². The predicted octanol–water partition coefficient (Wildman–Crippen LogP) is 2.10. The van der Waals surface area contributed by atoms with Crippen molar-refractivity contribution in [3.05, 3.63) is 35.9 Å². The van der Waals surface area contributed by atoms with Crippen molar-refractivity contribution in [3.8, 4) is 0 Å². The van der Waals surface area contributed by atoms with Gasteiger partial charge in [0.2, 0.25) is 5.91 Å². The fourth-order valence-corrected chi connectivity index (χ4v) is 2.56. The van der Waals surface area contributed by atoms with E-state index in [9.17, 15) is 14.4 Å². The van der Waals surface area contributed by atoms with E-state index in [0.717, 1.165) is 10.5 Å². The van der Waals surface area contributed by atoms with E-state index in [0.29, 0.717) is 19.5 Å². The molecular formula is C19H26N2O5. The van der Waals surface area contributed by atoms with Gasteiger partial charge in [0.25, 0.3) is 0 Å². The van der Waals surface area contributed by atoms with Crippen LogP contribution >= 0.6 is 0 Å². The first kappa shape index (κ1) is 19.9. The van der Waals surface area contributed by atoms with Crippen molar-refractivity contribution in [2.45, 2.75) is 39.4 Å². The average molecular weight is 362 g/mol. The highest BCUT2D eigenvalue weighted by Crippen LogP contribution is 2.20. The Morgan fingerprint density at radius 2 is 1.92 bits per heavy atom. The smallest absolute Gasteiger partial charge is 0.417 e. The van der Waals surface area contributed by atoms with E-state index in [1.807, 2.05) is 30.3 Å². The van der Waals surface area contributed by atoms with Gasteiger partial charge in [-0.05, 0) is 32.8 Å². The first-order chi connectivity index (χ1) is 12.3. The number of likely N-dealkylation sites (tertiary alicyclic amines) is 1. The van der Waals surface area contributed by atoms with Gasteiger partial charge in [0.15, 0.2) is 0 Å². The number of nitrogens with one attached hydrogen (secondary N) is 1. The summed E-state index contributed by atoms with van der Waals surface area (Å²) in [5.74, 6) is -1.00. The van der Waals surface area contributed by atoms with Crippen molar-refractivity contribution < 1.29 is 23.9 Å². The number of hydrogen-bond donors (Lipinski definition) is 1. The third-order valence-electron chi connectivity index (χ3n) is 3.83. The summed E-state index contributed by atoms with van der Waals surface area (Å²) in [6, 6.07) is 9.41. The zero-order valence-electron chi connectivity index (χ0n) is 15.5. The molecule has 1 saturated heterocycles. The molecule has 26 heavy (non-hydrogen) atoms. The fraction of sp³-hybridized carbons (Fsp3) is 0.526. The van der Waals surface area contributed by atoms with Crippen LogP contribution < -0.4 is 5.32 Å². The largest absolute Gasteiger partial charge is 0.460 e. The van der Waals surface area contributed by atoms with E-state index in [1.54, 1.807) is 20.8 Å². The monoisotopic (exact) mass is 362 g/mol. The second-order valence-corrected chi connectivity index (χ2v) is 7.23. The molecule has 0 aromatic heterocycles. The molecule has 1 unspecified atom stereocenters. The fourth-order valence-electron chi connectivity index (χ4n) is 2.56. The van der Waals surface area contributed by atoms with Crippen LogP contribution in [0.4, 0.5) is 4.79 Å². The lowest BCUT2D eigenvalue weighted by atomic mass is 10.1. The number of amides is 2. The maximum atomic E-state index is 12.3. The maximum absolute atomic E-state index is 12.3. The number of ether oxygens (including phenoxy) is 2. The predicted molar refractivity (Wildman–Crippen MR) is 95.2 cm³/mol. The number of imide groups is 1. The SMILES string of the molecule is CC(C)(C)OC(=O)N1CCC(CNCC(=O)OCc2ccccc2)C1=O. The molecule has 2 amide bonds. The van der Waals surface area contributed by atoms with E-state index in [1.165, 1.54) is 0 Å². The topological polar surface area (TPSA) is 84.9 Å². The molecule has 0 spiro atoms. The Labute approximate surface area is 153 Å². The van der Waals surface area contributed by atoms with E-state index in [2.05, 4.69) is 5.32 Å². The van der Waals surface area contributed by atoms with Crippen molar-refractivity contribution in [3.63, 3.8) is 0 Å². The highest BCUT2D eigenvalue weighted by atomic mass is 16.6. The molecule has 0 aliphatic carbocycles. The summed E-state index contributed by atoms with van der Waals surface area (Å²) in [5, 5.41) is 2.93. The molecule has 2 rings (SSSR count). The van der Waals surface area contributed by atoms with Gasteiger partial charge in [0, 0.05) is 13.1 Å². The maximum Gasteiger partial charge on any atom is 0.417 e. The Morgan fingerprint density at radius 3 is 2.58 bits per heavy atom. The van der Waals surface area contributed by atoms with Crippen molar-refractivity contribution in [2.75, 3.05) is 19.6 Å². The van der Waals surface area contributed by atoms with Gasteiger partial charge in [-0.2, -0.15) is 0 Å². The number of esters is 1. The minimum absolute atomic E-state index is 0.0169. The zero-order valence-corrected chi connectivity index (χ0v) is 15.5. The van der Waals surface area contributed by atoms with Crippen molar-refractivity contribution in [1.82, 2.24) is 10.2 Å². The molecule has 1 aromatic carbocycles. The van der Waals surface area contributed by atoms with E-state index in [-0.39, 0.29) is 30.9 Å². The molecule has 0 saturated carbocycles. The summed E-state index contributed by atoms with van der Waals surface area (Å²) >= 11 is 0. The number of rotatable bonds is 6. The van der Waals surface area contributed by atoms with Gasteiger partial charge in [-0.1, -0.05) is 30.3 Å². The van der Waals surface area contributed by atoms with E-state index < -0.39 is 11.7 Å². The van der Waals surface area contributed by atoms with Crippen LogP contribution in [-0.2, 0) is 25.7 Å². The lowest BCUT2D eigenvalue weighted by Crippen LogP contribution is -2.40. The van der Waals surface area contributed by atoms with Crippen molar-refractivity contribution in [2.24, 2.45) is 5.92 Å². The number of benzene rings is 1. The third kappa shape index (κ3) is 6.15.